The highest BCUT2D eigenvalue weighted by Crippen LogP contribution is 2.52. The molecule has 12 aromatic rings. The summed E-state index contributed by atoms with van der Waals surface area (Å²) >= 11 is 1.90. The second kappa shape index (κ2) is 12.8. The van der Waals surface area contributed by atoms with Crippen LogP contribution in [0.4, 0.5) is 11.6 Å². The normalized spacial score (nSPS) is 14.2. The Labute approximate surface area is 349 Å². The van der Waals surface area contributed by atoms with Crippen LogP contribution in [0, 0.1) is 6.92 Å². The SMILES string of the molecule is Cc1cccc(C2Nc3c(oc4c(-c5ccccc5)cc(-c5ccccc5)cc34)N=C2n2c3ccccc3c3c4sc5ccc6ccccc6c5c4c4ccccc4c32)c1. The largest absolute Gasteiger partial charge is 0.436 e. The average Bonchev–Trinajstić information content (AvgIpc) is 3.99. The number of aryl methyl sites for hydroxylation is 1. The van der Waals surface area contributed by atoms with Gasteiger partial charge in [-0.15, -0.1) is 11.3 Å². The van der Waals surface area contributed by atoms with E-state index in [2.05, 4.69) is 199 Å². The molecular weight excluding hydrogens is 751 g/mol. The number of hydrogen-bond acceptors (Lipinski definition) is 4. The second-order valence-electron chi connectivity index (χ2n) is 16.0. The maximum atomic E-state index is 7.00. The van der Waals surface area contributed by atoms with Crippen LogP contribution < -0.4 is 5.32 Å². The number of anilines is 1. The van der Waals surface area contributed by atoms with Crippen molar-refractivity contribution < 1.29 is 4.42 Å². The number of fused-ring (bicyclic) bond motifs is 15. The standard InChI is InChI=1S/C55H35N3OS/c1-32-15-14-21-36(29-32)49-54(57-55-50(56-49)43-31-37(33-16-4-2-5-17-33)30-42(52(43)59-55)34-18-6-3-7-19-34)58-44-26-13-12-25-41(44)48-51(58)40-24-11-10-23-39(40)47-46-38-22-9-8-20-35(38)27-28-45(46)60-53(47)48/h2-31,49,56H,1H3. The summed E-state index contributed by atoms with van der Waals surface area (Å²) in [6.45, 7) is 2.16. The molecule has 13 rings (SSSR count). The van der Waals surface area contributed by atoms with Gasteiger partial charge in [0.1, 0.15) is 23.1 Å². The van der Waals surface area contributed by atoms with Crippen LogP contribution in [0.5, 0.6) is 0 Å². The minimum Gasteiger partial charge on any atom is -0.436 e. The van der Waals surface area contributed by atoms with Crippen molar-refractivity contribution in [3.8, 4) is 22.3 Å². The smallest absolute Gasteiger partial charge is 0.245 e. The van der Waals surface area contributed by atoms with E-state index in [4.69, 9.17) is 9.41 Å². The van der Waals surface area contributed by atoms with Crippen molar-refractivity contribution in [1.29, 1.82) is 0 Å². The molecule has 1 aliphatic rings. The van der Waals surface area contributed by atoms with Gasteiger partial charge in [0.2, 0.25) is 5.88 Å². The molecule has 0 aliphatic carbocycles. The van der Waals surface area contributed by atoms with Gasteiger partial charge in [-0.3, -0.25) is 4.57 Å². The third kappa shape index (κ3) is 4.81. The molecule has 0 saturated carbocycles. The molecule has 0 fully saturated rings. The predicted molar refractivity (Wildman–Crippen MR) is 254 cm³/mol. The zero-order valence-electron chi connectivity index (χ0n) is 32.6. The molecule has 1 atom stereocenters. The molecule has 1 aliphatic heterocycles. The number of hydrogen-bond donors (Lipinski definition) is 1. The van der Waals surface area contributed by atoms with E-state index in [9.17, 15) is 0 Å². The van der Waals surface area contributed by atoms with Gasteiger partial charge in [-0.05, 0) is 69.6 Å². The van der Waals surface area contributed by atoms with E-state index in [1.165, 1.54) is 58.1 Å². The maximum absolute atomic E-state index is 7.00. The number of thiophene rings is 1. The fourth-order valence-electron chi connectivity index (χ4n) is 9.85. The Hall–Kier alpha value is -7.47. The van der Waals surface area contributed by atoms with E-state index in [-0.39, 0.29) is 6.04 Å². The quantitative estimate of drug-likeness (QED) is 0.194. The first-order chi connectivity index (χ1) is 29.7. The fourth-order valence-corrected chi connectivity index (χ4v) is 11.1. The lowest BCUT2D eigenvalue weighted by Gasteiger charge is -2.27. The lowest BCUT2D eigenvalue weighted by molar-refractivity contribution is 0.623. The van der Waals surface area contributed by atoms with Gasteiger partial charge < -0.3 is 9.73 Å². The van der Waals surface area contributed by atoms with E-state index in [1.807, 2.05) is 11.3 Å². The van der Waals surface area contributed by atoms with Crippen molar-refractivity contribution in [2.45, 2.75) is 13.0 Å². The maximum Gasteiger partial charge on any atom is 0.245 e. The molecule has 1 unspecified atom stereocenters. The van der Waals surface area contributed by atoms with Crippen LogP contribution >= 0.6 is 11.3 Å². The van der Waals surface area contributed by atoms with E-state index >= 15 is 0 Å². The zero-order chi connectivity index (χ0) is 39.5. The molecule has 4 nitrogen and oxygen atoms in total. The number of para-hydroxylation sites is 1. The highest BCUT2D eigenvalue weighted by Gasteiger charge is 2.34. The number of benzene rings is 9. The van der Waals surface area contributed by atoms with Crippen molar-refractivity contribution in [3.63, 3.8) is 0 Å². The highest BCUT2D eigenvalue weighted by atomic mass is 32.1. The summed E-state index contributed by atoms with van der Waals surface area (Å²) in [4.78, 5) is 5.67. The molecule has 60 heavy (non-hydrogen) atoms. The van der Waals surface area contributed by atoms with Gasteiger partial charge in [-0.2, -0.15) is 4.99 Å². The van der Waals surface area contributed by atoms with E-state index in [0.29, 0.717) is 5.88 Å². The molecule has 0 bridgehead atoms. The summed E-state index contributed by atoms with van der Waals surface area (Å²) < 4.78 is 12.0. The van der Waals surface area contributed by atoms with Crippen LogP contribution in [0.2, 0.25) is 0 Å². The Morgan fingerprint density at radius 3 is 2.10 bits per heavy atom. The van der Waals surface area contributed by atoms with Gasteiger partial charge in [-0.25, -0.2) is 0 Å². The van der Waals surface area contributed by atoms with E-state index < -0.39 is 0 Å². The van der Waals surface area contributed by atoms with Crippen molar-refractivity contribution in [2.24, 2.45) is 4.99 Å². The van der Waals surface area contributed by atoms with Crippen LogP contribution in [0.15, 0.2) is 191 Å². The van der Waals surface area contributed by atoms with E-state index in [0.717, 1.165) is 61.3 Å². The summed E-state index contributed by atoms with van der Waals surface area (Å²) in [5.41, 5.74) is 10.7. The fraction of sp³-hybridized carbons (Fsp3) is 0.0364. The number of nitrogens with one attached hydrogen (secondary N) is 1. The van der Waals surface area contributed by atoms with E-state index in [1.54, 1.807) is 0 Å². The van der Waals surface area contributed by atoms with Crippen molar-refractivity contribution in [3.05, 3.63) is 193 Å². The van der Waals surface area contributed by atoms with Gasteiger partial charge >= 0.3 is 0 Å². The summed E-state index contributed by atoms with van der Waals surface area (Å²) in [6.07, 6.45) is 0. The summed E-state index contributed by atoms with van der Waals surface area (Å²) in [5, 5.41) is 15.2. The topological polar surface area (TPSA) is 42.5 Å². The molecule has 282 valence electrons. The van der Waals surface area contributed by atoms with Crippen LogP contribution in [-0.4, -0.2) is 10.4 Å². The monoisotopic (exact) mass is 785 g/mol. The van der Waals surface area contributed by atoms with Crippen LogP contribution in [0.3, 0.4) is 0 Å². The summed E-state index contributed by atoms with van der Waals surface area (Å²) in [6, 6.07) is 65.4. The number of furan rings is 1. The summed E-state index contributed by atoms with van der Waals surface area (Å²) in [7, 11) is 0. The number of rotatable bonds is 3. The Morgan fingerprint density at radius 2 is 1.28 bits per heavy atom. The Kier molecular flexibility index (Phi) is 7.13. The third-order valence-corrected chi connectivity index (χ3v) is 13.6. The molecule has 9 aromatic carbocycles. The minimum atomic E-state index is -0.293. The molecule has 1 N–H and O–H groups in total. The first kappa shape index (κ1) is 33.5. The molecule has 0 spiro atoms. The molecule has 3 aromatic heterocycles. The Bertz CT molecular complexity index is 3760. The molecule has 0 radical (unpaired) electrons. The average molecular weight is 786 g/mol. The second-order valence-corrected chi connectivity index (χ2v) is 17.0. The first-order valence-corrected chi connectivity index (χ1v) is 21.3. The lowest BCUT2D eigenvalue weighted by Crippen LogP contribution is -2.29. The third-order valence-electron chi connectivity index (χ3n) is 12.5. The first-order valence-electron chi connectivity index (χ1n) is 20.5. The van der Waals surface area contributed by atoms with Gasteiger partial charge in [-0.1, -0.05) is 163 Å². The molecular formula is C55H35N3OS. The number of nitrogens with zero attached hydrogens (tertiary/aromatic N) is 2. The summed E-state index contributed by atoms with van der Waals surface area (Å²) in [5.74, 6) is 1.45. The van der Waals surface area contributed by atoms with Crippen molar-refractivity contribution >= 4 is 103 Å². The van der Waals surface area contributed by atoms with Gasteiger partial charge in [0.25, 0.3) is 0 Å². The van der Waals surface area contributed by atoms with Crippen molar-refractivity contribution in [1.82, 2.24) is 4.57 Å². The lowest BCUT2D eigenvalue weighted by atomic mass is 9.95. The number of aliphatic imine (C=N–C) groups is 1. The molecule has 5 heteroatoms. The van der Waals surface area contributed by atoms with Crippen LogP contribution in [0.1, 0.15) is 17.2 Å². The van der Waals surface area contributed by atoms with Gasteiger partial charge in [0.05, 0.1) is 11.0 Å². The van der Waals surface area contributed by atoms with Gasteiger partial charge in [0.15, 0.2) is 0 Å². The minimum absolute atomic E-state index is 0.293. The molecule has 0 saturated heterocycles. The van der Waals surface area contributed by atoms with Crippen LogP contribution in [-0.2, 0) is 0 Å². The van der Waals surface area contributed by atoms with Crippen molar-refractivity contribution in [2.75, 3.05) is 5.32 Å². The predicted octanol–water partition coefficient (Wildman–Crippen LogP) is 15.6. The molecule has 4 heterocycles. The van der Waals surface area contributed by atoms with Crippen LogP contribution in [0.25, 0.3) is 96.7 Å². The van der Waals surface area contributed by atoms with Gasteiger partial charge in [0, 0.05) is 47.3 Å². The number of aromatic nitrogens is 1. The zero-order valence-corrected chi connectivity index (χ0v) is 33.4. The molecule has 0 amide bonds. The Morgan fingerprint density at radius 1 is 0.567 bits per heavy atom. The highest BCUT2D eigenvalue weighted by molar-refractivity contribution is 7.27. The Balaban J connectivity index is 1.16.